The highest BCUT2D eigenvalue weighted by Crippen LogP contribution is 2.38. The average molecular weight is 254 g/mol. The molecule has 3 unspecified atom stereocenters. The van der Waals surface area contributed by atoms with Crippen LogP contribution in [0.25, 0.3) is 0 Å². The molecule has 0 spiro atoms. The molecule has 0 saturated heterocycles. The summed E-state index contributed by atoms with van der Waals surface area (Å²) in [7, 11) is 2.28. The smallest absolute Gasteiger partial charge is 0.0128 e. The Kier molecular flexibility index (Phi) is 6.13. The van der Waals surface area contributed by atoms with E-state index < -0.39 is 0 Å². The van der Waals surface area contributed by atoms with Crippen LogP contribution in [0.2, 0.25) is 0 Å². The Balaban J connectivity index is 2.27. The molecule has 0 aromatic heterocycles. The number of nitrogens with zero attached hydrogens (tertiary/aromatic N) is 1. The van der Waals surface area contributed by atoms with Crippen molar-refractivity contribution in [2.45, 2.75) is 59.9 Å². The lowest BCUT2D eigenvalue weighted by Gasteiger charge is -2.33. The van der Waals surface area contributed by atoms with E-state index in [1.54, 1.807) is 0 Å². The van der Waals surface area contributed by atoms with Gasteiger partial charge in [-0.25, -0.2) is 0 Å². The summed E-state index contributed by atoms with van der Waals surface area (Å²) < 4.78 is 0. The summed E-state index contributed by atoms with van der Waals surface area (Å²) in [6, 6.07) is 0.636. The van der Waals surface area contributed by atoms with Crippen molar-refractivity contribution in [3.8, 4) is 0 Å². The third kappa shape index (κ3) is 5.71. The van der Waals surface area contributed by atoms with Crippen LogP contribution in [0, 0.1) is 17.3 Å². The van der Waals surface area contributed by atoms with E-state index in [4.69, 9.17) is 0 Å². The van der Waals surface area contributed by atoms with Gasteiger partial charge in [0.25, 0.3) is 0 Å². The van der Waals surface area contributed by atoms with Crippen molar-refractivity contribution in [2.24, 2.45) is 17.3 Å². The second-order valence-electron chi connectivity index (χ2n) is 7.40. The molecule has 0 heterocycles. The zero-order valence-electron chi connectivity index (χ0n) is 13.4. The lowest BCUT2D eigenvalue weighted by Crippen LogP contribution is -2.43. The first kappa shape index (κ1) is 16.0. The van der Waals surface area contributed by atoms with Crippen LogP contribution >= 0.6 is 0 Å². The average Bonchev–Trinajstić information content (AvgIpc) is 2.92. The van der Waals surface area contributed by atoms with E-state index in [0.717, 1.165) is 18.4 Å². The molecule has 1 N–H and O–H groups in total. The minimum absolute atomic E-state index is 0.364. The van der Waals surface area contributed by atoms with Crippen LogP contribution in [0.3, 0.4) is 0 Å². The van der Waals surface area contributed by atoms with Crippen molar-refractivity contribution in [3.63, 3.8) is 0 Å². The van der Waals surface area contributed by atoms with Crippen LogP contribution in [0.5, 0.6) is 0 Å². The van der Waals surface area contributed by atoms with Crippen LogP contribution in [0.4, 0.5) is 0 Å². The van der Waals surface area contributed by atoms with Crippen molar-refractivity contribution >= 4 is 0 Å². The SMILES string of the molecule is CCCNC(CCN(C)CC1CC1C)C(C)(C)C. The van der Waals surface area contributed by atoms with Gasteiger partial charge in [-0.3, -0.25) is 0 Å². The summed E-state index contributed by atoms with van der Waals surface area (Å²) in [4.78, 5) is 2.53. The highest BCUT2D eigenvalue weighted by molar-refractivity contribution is 4.86. The molecule has 2 nitrogen and oxygen atoms in total. The Morgan fingerprint density at radius 3 is 2.39 bits per heavy atom. The van der Waals surface area contributed by atoms with E-state index in [0.29, 0.717) is 11.5 Å². The first-order chi connectivity index (χ1) is 8.34. The third-order valence-corrected chi connectivity index (χ3v) is 4.31. The molecule has 0 aromatic carbocycles. The molecule has 1 fully saturated rings. The maximum atomic E-state index is 3.72. The van der Waals surface area contributed by atoms with Crippen LogP contribution in [0.15, 0.2) is 0 Å². The number of hydrogen-bond acceptors (Lipinski definition) is 2. The maximum absolute atomic E-state index is 3.72. The molecule has 1 rings (SSSR count). The van der Waals surface area contributed by atoms with Gasteiger partial charge in [0.1, 0.15) is 0 Å². The Labute approximate surface area is 115 Å². The molecule has 1 aliphatic rings. The molecule has 0 radical (unpaired) electrons. The molecule has 2 heteroatoms. The topological polar surface area (TPSA) is 15.3 Å². The summed E-state index contributed by atoms with van der Waals surface area (Å²) >= 11 is 0. The number of hydrogen-bond donors (Lipinski definition) is 1. The second-order valence-corrected chi connectivity index (χ2v) is 7.40. The van der Waals surface area contributed by atoms with Gasteiger partial charge in [-0.05, 0) is 56.7 Å². The van der Waals surface area contributed by atoms with Crippen molar-refractivity contribution in [1.29, 1.82) is 0 Å². The Morgan fingerprint density at radius 1 is 1.33 bits per heavy atom. The van der Waals surface area contributed by atoms with Crippen LogP contribution in [-0.2, 0) is 0 Å². The van der Waals surface area contributed by atoms with Gasteiger partial charge in [0.15, 0.2) is 0 Å². The maximum Gasteiger partial charge on any atom is 0.0128 e. The monoisotopic (exact) mass is 254 g/mol. The normalized spacial score (nSPS) is 25.5. The van der Waals surface area contributed by atoms with Gasteiger partial charge in [0, 0.05) is 12.6 Å². The number of rotatable bonds is 8. The highest BCUT2D eigenvalue weighted by atomic mass is 15.1. The molecule has 0 bridgehead atoms. The fraction of sp³-hybridized carbons (Fsp3) is 1.00. The van der Waals surface area contributed by atoms with E-state index in [9.17, 15) is 0 Å². The highest BCUT2D eigenvalue weighted by Gasteiger charge is 2.33. The Bertz CT molecular complexity index is 232. The Morgan fingerprint density at radius 2 is 1.94 bits per heavy atom. The van der Waals surface area contributed by atoms with Crippen molar-refractivity contribution < 1.29 is 0 Å². The van der Waals surface area contributed by atoms with Gasteiger partial charge < -0.3 is 10.2 Å². The van der Waals surface area contributed by atoms with Crippen molar-refractivity contribution in [2.75, 3.05) is 26.7 Å². The van der Waals surface area contributed by atoms with Crippen molar-refractivity contribution in [1.82, 2.24) is 10.2 Å². The standard InChI is InChI=1S/C16H34N2/c1-7-9-17-15(16(3,4)5)8-10-18(6)12-14-11-13(14)2/h13-15,17H,7-12H2,1-6H3. The van der Waals surface area contributed by atoms with Crippen molar-refractivity contribution in [3.05, 3.63) is 0 Å². The molecule has 18 heavy (non-hydrogen) atoms. The molecule has 108 valence electrons. The van der Waals surface area contributed by atoms with Gasteiger partial charge in [-0.2, -0.15) is 0 Å². The minimum Gasteiger partial charge on any atom is -0.313 e. The van der Waals surface area contributed by atoms with E-state index in [-0.39, 0.29) is 0 Å². The van der Waals surface area contributed by atoms with Crippen LogP contribution in [-0.4, -0.2) is 37.6 Å². The lowest BCUT2D eigenvalue weighted by atomic mass is 9.84. The van der Waals surface area contributed by atoms with Crippen LogP contribution in [0.1, 0.15) is 53.9 Å². The van der Waals surface area contributed by atoms with Crippen LogP contribution < -0.4 is 5.32 Å². The zero-order valence-corrected chi connectivity index (χ0v) is 13.4. The minimum atomic E-state index is 0.364. The first-order valence-corrected chi connectivity index (χ1v) is 7.76. The molecule has 0 amide bonds. The molecule has 0 aliphatic heterocycles. The van der Waals surface area contributed by atoms with Gasteiger partial charge >= 0.3 is 0 Å². The fourth-order valence-electron chi connectivity index (χ4n) is 2.65. The third-order valence-electron chi connectivity index (χ3n) is 4.31. The van der Waals surface area contributed by atoms with E-state index in [1.807, 2.05) is 0 Å². The van der Waals surface area contributed by atoms with E-state index >= 15 is 0 Å². The zero-order chi connectivity index (χ0) is 13.8. The summed E-state index contributed by atoms with van der Waals surface area (Å²) in [6.07, 6.45) is 3.93. The first-order valence-electron chi connectivity index (χ1n) is 7.76. The van der Waals surface area contributed by atoms with E-state index in [1.165, 1.54) is 32.4 Å². The molecule has 3 atom stereocenters. The second kappa shape index (κ2) is 6.91. The summed E-state index contributed by atoms with van der Waals surface area (Å²) in [5, 5.41) is 3.72. The Hall–Kier alpha value is -0.0800. The molecule has 1 aliphatic carbocycles. The van der Waals surface area contributed by atoms with E-state index in [2.05, 4.69) is 51.9 Å². The molecular weight excluding hydrogens is 220 g/mol. The van der Waals surface area contributed by atoms with Gasteiger partial charge in [-0.15, -0.1) is 0 Å². The number of nitrogens with one attached hydrogen (secondary N) is 1. The quantitative estimate of drug-likeness (QED) is 0.714. The largest absolute Gasteiger partial charge is 0.313 e. The molecule has 0 aromatic rings. The van der Waals surface area contributed by atoms with Gasteiger partial charge in [0.2, 0.25) is 0 Å². The molecular formula is C16H34N2. The molecule has 1 saturated carbocycles. The predicted molar refractivity (Wildman–Crippen MR) is 80.9 cm³/mol. The predicted octanol–water partition coefficient (Wildman–Crippen LogP) is 3.38. The fourth-order valence-corrected chi connectivity index (χ4v) is 2.65. The summed E-state index contributed by atoms with van der Waals surface area (Å²) in [5.41, 5.74) is 0.364. The summed E-state index contributed by atoms with van der Waals surface area (Å²) in [6.45, 7) is 15.3. The summed E-state index contributed by atoms with van der Waals surface area (Å²) in [5.74, 6) is 1.95. The lowest BCUT2D eigenvalue weighted by molar-refractivity contribution is 0.217. The van der Waals surface area contributed by atoms with Gasteiger partial charge in [-0.1, -0.05) is 34.6 Å². The van der Waals surface area contributed by atoms with Gasteiger partial charge in [0.05, 0.1) is 0 Å².